The average molecular weight is 413 g/mol. The van der Waals surface area contributed by atoms with Gasteiger partial charge >= 0.3 is 0 Å². The molecule has 4 rings (SSSR count). The number of rotatable bonds is 5. The number of thiazole rings is 1. The van der Waals surface area contributed by atoms with Gasteiger partial charge in [0.05, 0.1) is 16.6 Å². The Bertz CT molecular complexity index is 1070. The molecule has 0 fully saturated rings. The van der Waals surface area contributed by atoms with Crippen LogP contribution in [0.1, 0.15) is 16.9 Å². The maximum Gasteiger partial charge on any atom is 0.265 e. The maximum atomic E-state index is 12.4. The van der Waals surface area contributed by atoms with Crippen LogP contribution in [-0.2, 0) is 9.59 Å². The molecule has 0 spiro atoms. The third-order valence-corrected chi connectivity index (χ3v) is 6.11. The number of aromatic amines is 1. The topological polar surface area (TPSA) is 130 Å². The number of primary amides is 1. The summed E-state index contributed by atoms with van der Waals surface area (Å²) < 4.78 is 0. The van der Waals surface area contributed by atoms with Crippen molar-refractivity contribution in [1.82, 2.24) is 9.97 Å². The third-order valence-electron chi connectivity index (χ3n) is 4.07. The van der Waals surface area contributed by atoms with Crippen LogP contribution in [0, 0.1) is 0 Å². The Morgan fingerprint density at radius 3 is 2.89 bits per heavy atom. The zero-order valence-electron chi connectivity index (χ0n) is 14.4. The van der Waals surface area contributed by atoms with E-state index < -0.39 is 11.2 Å². The van der Waals surface area contributed by atoms with Crippen molar-refractivity contribution < 1.29 is 14.4 Å². The van der Waals surface area contributed by atoms with Gasteiger partial charge in [-0.1, -0.05) is 12.1 Å². The lowest BCUT2D eigenvalue weighted by atomic mass is 10.2. The molecule has 1 aliphatic rings. The number of fused-ring (bicyclic) bond motifs is 1. The summed E-state index contributed by atoms with van der Waals surface area (Å²) in [6, 6.07) is 9.09. The van der Waals surface area contributed by atoms with Crippen LogP contribution in [0.15, 0.2) is 46.8 Å². The summed E-state index contributed by atoms with van der Waals surface area (Å²) in [5.41, 5.74) is 7.59. The van der Waals surface area contributed by atoms with Gasteiger partial charge in [-0.25, -0.2) is 4.98 Å². The second kappa shape index (κ2) is 7.49. The first-order valence-electron chi connectivity index (χ1n) is 8.30. The number of thioether (sulfide) groups is 1. The van der Waals surface area contributed by atoms with Gasteiger partial charge in [0.2, 0.25) is 11.8 Å². The quantitative estimate of drug-likeness (QED) is 0.511. The van der Waals surface area contributed by atoms with Gasteiger partial charge in [-0.15, -0.1) is 23.1 Å². The van der Waals surface area contributed by atoms with Gasteiger partial charge in [0.15, 0.2) is 5.13 Å². The molecule has 1 atom stereocenters. The van der Waals surface area contributed by atoms with Crippen LogP contribution in [0.5, 0.6) is 0 Å². The van der Waals surface area contributed by atoms with Crippen molar-refractivity contribution >= 4 is 51.6 Å². The van der Waals surface area contributed by atoms with Crippen LogP contribution in [0.2, 0.25) is 0 Å². The Morgan fingerprint density at radius 2 is 2.11 bits per heavy atom. The Hall–Kier alpha value is -3.11. The number of H-pyrrole nitrogens is 1. The fraction of sp³-hybridized carbons (Fsp3) is 0.111. The summed E-state index contributed by atoms with van der Waals surface area (Å²) in [6.07, 6.45) is 1.66. The van der Waals surface area contributed by atoms with Crippen molar-refractivity contribution in [3.63, 3.8) is 0 Å². The number of nitrogens with one attached hydrogen (secondary N) is 3. The lowest BCUT2D eigenvalue weighted by molar-refractivity contribution is -0.120. The zero-order chi connectivity index (χ0) is 19.7. The van der Waals surface area contributed by atoms with E-state index in [0.29, 0.717) is 16.4 Å². The van der Waals surface area contributed by atoms with Crippen molar-refractivity contribution in [2.75, 3.05) is 10.6 Å². The number of aromatic nitrogens is 2. The second-order valence-corrected chi connectivity index (χ2v) is 8.15. The predicted octanol–water partition coefficient (Wildman–Crippen LogP) is 2.68. The Labute approximate surface area is 167 Å². The standard InChI is InChI=1S/C18H15N5O3S2/c19-16(25)11-5-9(7-20-11)12-8-27-18(22-12)23-15(24)6-14-17(26)21-10-3-1-2-4-13(10)28-14/h1-5,7-8,14,20H,6H2,(H2,19,25)(H,21,26)(H,22,23,24). The number of nitrogens with two attached hydrogens (primary N) is 1. The molecule has 1 aromatic carbocycles. The van der Waals surface area contributed by atoms with E-state index in [2.05, 4.69) is 20.6 Å². The third kappa shape index (κ3) is 3.78. The van der Waals surface area contributed by atoms with E-state index in [1.54, 1.807) is 17.6 Å². The predicted molar refractivity (Wildman–Crippen MR) is 108 cm³/mol. The van der Waals surface area contributed by atoms with E-state index in [0.717, 1.165) is 10.6 Å². The highest BCUT2D eigenvalue weighted by molar-refractivity contribution is 8.01. The van der Waals surface area contributed by atoms with Crippen LogP contribution in [0.25, 0.3) is 11.3 Å². The van der Waals surface area contributed by atoms with Gasteiger partial charge in [0, 0.05) is 28.5 Å². The molecule has 5 N–H and O–H groups in total. The fourth-order valence-electron chi connectivity index (χ4n) is 2.71. The minimum atomic E-state index is -0.556. The second-order valence-electron chi connectivity index (χ2n) is 6.05. The van der Waals surface area contributed by atoms with Crippen LogP contribution in [-0.4, -0.2) is 32.9 Å². The fourth-order valence-corrected chi connectivity index (χ4v) is 4.56. The van der Waals surface area contributed by atoms with Crippen LogP contribution < -0.4 is 16.4 Å². The molecule has 1 aliphatic heterocycles. The molecule has 8 nitrogen and oxygen atoms in total. The molecular formula is C18H15N5O3S2. The van der Waals surface area contributed by atoms with Crippen LogP contribution >= 0.6 is 23.1 Å². The number of hydrogen-bond acceptors (Lipinski definition) is 6. The van der Waals surface area contributed by atoms with E-state index in [1.807, 2.05) is 24.3 Å². The molecule has 10 heteroatoms. The lowest BCUT2D eigenvalue weighted by Gasteiger charge is -2.23. The molecule has 0 aliphatic carbocycles. The molecule has 2 aromatic heterocycles. The van der Waals surface area contributed by atoms with Crippen LogP contribution in [0.3, 0.4) is 0 Å². The van der Waals surface area contributed by atoms with E-state index in [4.69, 9.17) is 5.73 Å². The molecule has 0 saturated heterocycles. The monoisotopic (exact) mass is 413 g/mol. The van der Waals surface area contributed by atoms with Crippen molar-refractivity contribution in [1.29, 1.82) is 0 Å². The van der Waals surface area contributed by atoms with E-state index in [1.165, 1.54) is 23.1 Å². The number of amides is 3. The van der Waals surface area contributed by atoms with E-state index in [9.17, 15) is 14.4 Å². The summed E-state index contributed by atoms with van der Waals surface area (Å²) in [4.78, 5) is 43.8. The van der Waals surface area contributed by atoms with Gasteiger partial charge < -0.3 is 21.4 Å². The highest BCUT2D eigenvalue weighted by Gasteiger charge is 2.29. The van der Waals surface area contributed by atoms with Crippen molar-refractivity contribution in [3.05, 3.63) is 47.6 Å². The molecular weight excluding hydrogens is 398 g/mol. The number of nitrogens with zero attached hydrogens (tertiary/aromatic N) is 1. The largest absolute Gasteiger partial charge is 0.364 e. The highest BCUT2D eigenvalue weighted by Crippen LogP contribution is 2.36. The first kappa shape index (κ1) is 18.3. The molecule has 0 bridgehead atoms. The highest BCUT2D eigenvalue weighted by atomic mass is 32.2. The van der Waals surface area contributed by atoms with E-state index in [-0.39, 0.29) is 23.9 Å². The van der Waals surface area contributed by atoms with Gasteiger partial charge in [-0.3, -0.25) is 14.4 Å². The minimum absolute atomic E-state index is 0.0374. The van der Waals surface area contributed by atoms with Crippen molar-refractivity contribution in [3.8, 4) is 11.3 Å². The number of carbonyl (C=O) groups is 3. The first-order chi connectivity index (χ1) is 13.5. The number of hydrogen-bond donors (Lipinski definition) is 4. The molecule has 3 heterocycles. The number of benzene rings is 1. The van der Waals surface area contributed by atoms with Gasteiger partial charge in [-0.05, 0) is 18.2 Å². The summed E-state index contributed by atoms with van der Waals surface area (Å²) in [5, 5.41) is 7.23. The number of carbonyl (C=O) groups excluding carboxylic acids is 3. The average Bonchev–Trinajstić information content (AvgIpc) is 3.31. The lowest BCUT2D eigenvalue weighted by Crippen LogP contribution is -2.32. The first-order valence-corrected chi connectivity index (χ1v) is 10.1. The van der Waals surface area contributed by atoms with Crippen molar-refractivity contribution in [2.24, 2.45) is 5.73 Å². The minimum Gasteiger partial charge on any atom is -0.364 e. The molecule has 142 valence electrons. The number of anilines is 2. The summed E-state index contributed by atoms with van der Waals surface area (Å²) in [6.45, 7) is 0. The van der Waals surface area contributed by atoms with Gasteiger partial charge in [-0.2, -0.15) is 0 Å². The summed E-state index contributed by atoms with van der Waals surface area (Å²) in [7, 11) is 0. The SMILES string of the molecule is NC(=O)c1cc(-c2csc(NC(=O)CC3Sc4ccccc4NC3=O)n2)c[nH]1. The van der Waals surface area contributed by atoms with E-state index >= 15 is 0 Å². The normalized spacial score (nSPS) is 15.6. The van der Waals surface area contributed by atoms with Crippen LogP contribution in [0.4, 0.5) is 10.8 Å². The Morgan fingerprint density at radius 1 is 1.29 bits per heavy atom. The molecule has 3 aromatic rings. The molecule has 0 saturated carbocycles. The smallest absolute Gasteiger partial charge is 0.265 e. The molecule has 0 radical (unpaired) electrons. The van der Waals surface area contributed by atoms with Gasteiger partial charge in [0.25, 0.3) is 5.91 Å². The molecule has 3 amide bonds. The van der Waals surface area contributed by atoms with Gasteiger partial charge in [0.1, 0.15) is 5.69 Å². The number of para-hydroxylation sites is 1. The Kier molecular flexibility index (Phi) is 4.88. The maximum absolute atomic E-state index is 12.4. The summed E-state index contributed by atoms with van der Waals surface area (Å²) in [5.74, 6) is -1.04. The van der Waals surface area contributed by atoms with Crippen molar-refractivity contribution in [2.45, 2.75) is 16.6 Å². The summed E-state index contributed by atoms with van der Waals surface area (Å²) >= 11 is 2.64. The zero-order valence-corrected chi connectivity index (χ0v) is 16.0. The molecule has 28 heavy (non-hydrogen) atoms. The Balaban J connectivity index is 1.40. The molecule has 1 unspecified atom stereocenters.